The van der Waals surface area contributed by atoms with E-state index in [2.05, 4.69) is 50.6 Å². The van der Waals surface area contributed by atoms with Crippen molar-refractivity contribution in [1.82, 2.24) is 15.8 Å². The molecule has 11 heteroatoms. The number of nitrogens with two attached hydrogens (primary N) is 2. The number of hydrogen-bond donors (Lipinski definition) is 4. The SMILES string of the molecule is CC(C)CCC(c1ccc(C(=O)NCC(N)=NNN)cc1)N1C(=O)C(c2cc(F)cc(F)c2)=NC12CCC(C(C)(C)C)CC2. The lowest BCUT2D eigenvalue weighted by atomic mass is 9.69. The second-order valence-electron chi connectivity index (χ2n) is 13.4. The summed E-state index contributed by atoms with van der Waals surface area (Å²) in [4.78, 5) is 34.0. The average molecular weight is 610 g/mol. The first-order valence-electron chi connectivity index (χ1n) is 15.3. The van der Waals surface area contributed by atoms with Crippen molar-refractivity contribution in [3.63, 3.8) is 0 Å². The minimum absolute atomic E-state index is 0.0168. The van der Waals surface area contributed by atoms with Gasteiger partial charge < -0.3 is 16.0 Å². The Labute approximate surface area is 258 Å². The van der Waals surface area contributed by atoms with E-state index >= 15 is 0 Å². The molecular formula is C33H45F2N7O2. The second kappa shape index (κ2) is 13.4. The molecule has 1 spiro atoms. The number of aliphatic imine (C=N–C) groups is 1. The smallest absolute Gasteiger partial charge is 0.275 e. The van der Waals surface area contributed by atoms with Gasteiger partial charge in [0.1, 0.15) is 28.8 Å². The number of hydrazine groups is 1. The van der Waals surface area contributed by atoms with Gasteiger partial charge in [-0.15, -0.1) is 0 Å². The van der Waals surface area contributed by atoms with Crippen LogP contribution in [0.2, 0.25) is 0 Å². The Morgan fingerprint density at radius 2 is 1.70 bits per heavy atom. The molecule has 1 atom stereocenters. The van der Waals surface area contributed by atoms with E-state index < -0.39 is 17.3 Å². The quantitative estimate of drug-likeness (QED) is 0.127. The zero-order valence-electron chi connectivity index (χ0n) is 26.3. The van der Waals surface area contributed by atoms with Crippen LogP contribution in [0.1, 0.15) is 101 Å². The molecule has 0 bridgehead atoms. The molecule has 0 aromatic heterocycles. The normalized spacial score (nSPS) is 21.5. The molecule has 2 aliphatic rings. The molecule has 4 rings (SSSR count). The van der Waals surface area contributed by atoms with Crippen LogP contribution in [0.3, 0.4) is 0 Å². The molecule has 1 unspecified atom stereocenters. The summed E-state index contributed by atoms with van der Waals surface area (Å²) in [5.74, 6) is 3.92. The topological polar surface area (TPSA) is 138 Å². The fraction of sp³-hybridized carbons (Fsp3) is 0.515. The van der Waals surface area contributed by atoms with Crippen molar-refractivity contribution < 1.29 is 18.4 Å². The molecule has 6 N–H and O–H groups in total. The van der Waals surface area contributed by atoms with E-state index in [9.17, 15) is 18.4 Å². The van der Waals surface area contributed by atoms with Crippen molar-refractivity contribution in [2.45, 2.75) is 84.8 Å². The number of hydrogen-bond acceptors (Lipinski definition) is 6. The van der Waals surface area contributed by atoms with Crippen molar-refractivity contribution in [2.24, 2.45) is 38.9 Å². The third kappa shape index (κ3) is 7.43. The fourth-order valence-electron chi connectivity index (χ4n) is 6.41. The molecular weight excluding hydrogens is 564 g/mol. The highest BCUT2D eigenvalue weighted by molar-refractivity contribution is 6.46. The number of amides is 2. The Kier molecular flexibility index (Phi) is 10.1. The van der Waals surface area contributed by atoms with Crippen LogP contribution in [0.5, 0.6) is 0 Å². The molecule has 1 aliphatic heterocycles. The summed E-state index contributed by atoms with van der Waals surface area (Å²) in [6, 6.07) is 9.95. The van der Waals surface area contributed by atoms with Crippen molar-refractivity contribution in [2.75, 3.05) is 6.54 Å². The predicted molar refractivity (Wildman–Crippen MR) is 168 cm³/mol. The van der Waals surface area contributed by atoms with Gasteiger partial charge in [-0.05, 0) is 85.6 Å². The molecule has 44 heavy (non-hydrogen) atoms. The van der Waals surface area contributed by atoms with Gasteiger partial charge >= 0.3 is 0 Å². The summed E-state index contributed by atoms with van der Waals surface area (Å²) in [7, 11) is 0. The molecule has 9 nitrogen and oxygen atoms in total. The molecule has 1 fully saturated rings. The minimum atomic E-state index is -0.831. The molecule has 0 saturated heterocycles. The summed E-state index contributed by atoms with van der Waals surface area (Å²) in [6.07, 6.45) is 4.57. The zero-order valence-corrected chi connectivity index (χ0v) is 26.3. The lowest BCUT2D eigenvalue weighted by Gasteiger charge is -2.47. The maximum atomic E-state index is 14.4. The molecule has 238 valence electrons. The monoisotopic (exact) mass is 609 g/mol. The van der Waals surface area contributed by atoms with Crippen molar-refractivity contribution in [1.29, 1.82) is 0 Å². The third-order valence-electron chi connectivity index (χ3n) is 8.86. The van der Waals surface area contributed by atoms with Gasteiger partial charge in [0.05, 0.1) is 12.6 Å². The summed E-state index contributed by atoms with van der Waals surface area (Å²) in [5, 5.41) is 6.32. The maximum absolute atomic E-state index is 14.4. The van der Waals surface area contributed by atoms with E-state index in [-0.39, 0.29) is 46.9 Å². The zero-order chi connectivity index (χ0) is 32.2. The van der Waals surface area contributed by atoms with Gasteiger partial charge in [-0.2, -0.15) is 5.10 Å². The largest absolute Gasteiger partial charge is 0.384 e. The first-order valence-corrected chi connectivity index (χ1v) is 15.3. The first kappa shape index (κ1) is 33.0. The van der Waals surface area contributed by atoms with Crippen molar-refractivity contribution in [3.8, 4) is 0 Å². The molecule has 1 aliphatic carbocycles. The molecule has 2 aromatic rings. The number of nitrogens with zero attached hydrogens (tertiary/aromatic N) is 3. The van der Waals surface area contributed by atoms with Crippen LogP contribution in [0, 0.1) is 28.9 Å². The second-order valence-corrected chi connectivity index (χ2v) is 13.4. The van der Waals surface area contributed by atoms with E-state index in [1.165, 1.54) is 12.1 Å². The van der Waals surface area contributed by atoms with Crippen LogP contribution >= 0.6 is 0 Å². The molecule has 0 radical (unpaired) electrons. The number of amidine groups is 1. The number of halogens is 2. The van der Waals surface area contributed by atoms with Gasteiger partial charge in [-0.1, -0.05) is 46.8 Å². The van der Waals surface area contributed by atoms with E-state index in [4.69, 9.17) is 16.6 Å². The van der Waals surface area contributed by atoms with Crippen molar-refractivity contribution in [3.05, 3.63) is 70.8 Å². The molecule has 2 amide bonds. The predicted octanol–water partition coefficient (Wildman–Crippen LogP) is 5.17. The molecule has 1 heterocycles. The highest BCUT2D eigenvalue weighted by atomic mass is 19.1. The number of nitrogens with one attached hydrogen (secondary N) is 2. The van der Waals surface area contributed by atoms with Crippen LogP contribution in [0.15, 0.2) is 52.6 Å². The van der Waals surface area contributed by atoms with E-state index in [1.54, 1.807) is 12.1 Å². The Bertz CT molecular complexity index is 1390. The molecule has 2 aromatic carbocycles. The van der Waals surface area contributed by atoms with Crippen LogP contribution in [0.4, 0.5) is 8.78 Å². The van der Waals surface area contributed by atoms with Crippen molar-refractivity contribution >= 4 is 23.4 Å². The van der Waals surface area contributed by atoms with Gasteiger partial charge in [0.25, 0.3) is 11.8 Å². The van der Waals surface area contributed by atoms with Crippen LogP contribution in [-0.4, -0.2) is 40.5 Å². The Morgan fingerprint density at radius 3 is 2.25 bits per heavy atom. The van der Waals surface area contributed by atoms with Gasteiger partial charge in [0, 0.05) is 17.2 Å². The van der Waals surface area contributed by atoms with E-state index in [0.717, 1.165) is 30.9 Å². The molecule has 1 saturated carbocycles. The van der Waals surface area contributed by atoms with Gasteiger partial charge in [0.15, 0.2) is 0 Å². The minimum Gasteiger partial charge on any atom is -0.384 e. The number of carbonyl (C=O) groups is 2. The Morgan fingerprint density at radius 1 is 1.09 bits per heavy atom. The number of rotatable bonds is 10. The van der Waals surface area contributed by atoms with E-state index in [1.807, 2.05) is 17.0 Å². The lowest BCUT2D eigenvalue weighted by molar-refractivity contribution is -0.133. The van der Waals surface area contributed by atoms with Crippen LogP contribution < -0.4 is 22.4 Å². The average Bonchev–Trinajstić information content (AvgIpc) is 3.22. The van der Waals surface area contributed by atoms with Crippen LogP contribution in [0.25, 0.3) is 0 Å². The number of hydrazone groups is 1. The summed E-state index contributed by atoms with van der Waals surface area (Å²) >= 11 is 0. The number of benzene rings is 2. The first-order chi connectivity index (χ1) is 20.7. The summed E-state index contributed by atoms with van der Waals surface area (Å²) in [6.45, 7) is 11.0. The highest BCUT2D eigenvalue weighted by Gasteiger charge is 2.52. The Hall–Kier alpha value is -3.86. The maximum Gasteiger partial charge on any atom is 0.275 e. The number of carbonyl (C=O) groups excluding carboxylic acids is 2. The highest BCUT2D eigenvalue weighted by Crippen LogP contribution is 2.50. The fourth-order valence-corrected chi connectivity index (χ4v) is 6.41. The van der Waals surface area contributed by atoms with Gasteiger partial charge in [-0.25, -0.2) is 20.2 Å². The standard InChI is InChI=1S/C33H45F2N7O2/c1-20(2)6-11-27(21-7-9-22(10-8-21)30(43)38-19-28(36)40-41-37)42-31(44)29(23-16-25(34)18-26(35)17-23)39-33(42)14-12-24(13-15-33)32(3,4)5/h7-10,16-18,20,24,27,41H,6,11-15,19,37H2,1-5H3,(H2,36,40)(H,38,43). The van der Waals surface area contributed by atoms with E-state index in [0.29, 0.717) is 36.7 Å². The summed E-state index contributed by atoms with van der Waals surface area (Å²) in [5.41, 5.74) is 8.58. The lowest BCUT2D eigenvalue weighted by Crippen LogP contribution is -2.51. The van der Waals surface area contributed by atoms with Crippen LogP contribution in [-0.2, 0) is 4.79 Å². The summed E-state index contributed by atoms with van der Waals surface area (Å²) < 4.78 is 28.6. The van der Waals surface area contributed by atoms with Gasteiger partial charge in [0.2, 0.25) is 0 Å². The van der Waals surface area contributed by atoms with Gasteiger partial charge in [-0.3, -0.25) is 14.6 Å². The third-order valence-corrected chi connectivity index (χ3v) is 8.86. The Balaban J connectivity index is 1.72.